The Bertz CT molecular complexity index is 1180. The maximum absolute atomic E-state index is 13.6. The standard InChI is InChI=1S/C29H43N3O4S/c1-8-24(6)30-29(34)26(9-2)31(20-25-14-11-10-13-22(25)4)28(33)15-12-18-32(37(7,35)36)27-19-21(3)16-17-23(27)5/h10-11,13-14,16-17,19,24,26H,8-9,12,15,18,20H2,1-7H3,(H,30,34)/t24-,26+/m0/s1. The number of aryl methyl sites for hydroxylation is 3. The molecule has 0 aliphatic carbocycles. The number of carbonyl (C=O) groups excluding carboxylic acids is 2. The number of nitrogens with one attached hydrogen (secondary N) is 1. The molecular formula is C29H43N3O4S. The van der Waals surface area contributed by atoms with Crippen LogP contribution in [0.25, 0.3) is 0 Å². The molecule has 2 atom stereocenters. The maximum atomic E-state index is 13.6. The van der Waals surface area contributed by atoms with Crippen LogP contribution in [-0.4, -0.2) is 50.0 Å². The number of benzene rings is 2. The van der Waals surface area contributed by atoms with Gasteiger partial charge in [-0.25, -0.2) is 8.42 Å². The van der Waals surface area contributed by atoms with E-state index in [0.717, 1.165) is 28.7 Å². The molecule has 0 saturated heterocycles. The number of amides is 2. The van der Waals surface area contributed by atoms with Crippen molar-refractivity contribution in [3.63, 3.8) is 0 Å². The van der Waals surface area contributed by atoms with Gasteiger partial charge in [0.2, 0.25) is 21.8 Å². The molecule has 37 heavy (non-hydrogen) atoms. The van der Waals surface area contributed by atoms with Gasteiger partial charge in [0.15, 0.2) is 0 Å². The van der Waals surface area contributed by atoms with E-state index in [1.807, 2.05) is 84.0 Å². The normalized spacial score (nSPS) is 13.1. The van der Waals surface area contributed by atoms with Gasteiger partial charge < -0.3 is 10.2 Å². The minimum Gasteiger partial charge on any atom is -0.352 e. The zero-order valence-corrected chi connectivity index (χ0v) is 24.2. The molecular weight excluding hydrogens is 486 g/mol. The third-order valence-corrected chi connectivity index (χ3v) is 7.95. The summed E-state index contributed by atoms with van der Waals surface area (Å²) >= 11 is 0. The van der Waals surface area contributed by atoms with Crippen LogP contribution in [0, 0.1) is 20.8 Å². The van der Waals surface area contributed by atoms with E-state index in [1.165, 1.54) is 10.6 Å². The van der Waals surface area contributed by atoms with E-state index in [9.17, 15) is 18.0 Å². The van der Waals surface area contributed by atoms with Crippen molar-refractivity contribution in [1.29, 1.82) is 0 Å². The van der Waals surface area contributed by atoms with Crippen LogP contribution in [0.15, 0.2) is 42.5 Å². The van der Waals surface area contributed by atoms with E-state index in [4.69, 9.17) is 0 Å². The second kappa shape index (κ2) is 13.6. The minimum absolute atomic E-state index is 0.0119. The molecule has 0 heterocycles. The number of carbonyl (C=O) groups is 2. The molecule has 0 fully saturated rings. The van der Waals surface area contributed by atoms with Gasteiger partial charge in [-0.2, -0.15) is 0 Å². The molecule has 8 heteroatoms. The van der Waals surface area contributed by atoms with Gasteiger partial charge in [-0.3, -0.25) is 13.9 Å². The summed E-state index contributed by atoms with van der Waals surface area (Å²) in [5.74, 6) is -0.323. The Kier molecular flexibility index (Phi) is 11.2. The van der Waals surface area contributed by atoms with Gasteiger partial charge in [-0.1, -0.05) is 50.2 Å². The lowest BCUT2D eigenvalue weighted by molar-refractivity contribution is -0.141. The molecule has 0 spiro atoms. The molecule has 204 valence electrons. The van der Waals surface area contributed by atoms with E-state index in [2.05, 4.69) is 5.32 Å². The quantitative estimate of drug-likeness (QED) is 0.401. The fourth-order valence-electron chi connectivity index (χ4n) is 4.30. The topological polar surface area (TPSA) is 86.8 Å². The number of nitrogens with zero attached hydrogens (tertiary/aromatic N) is 2. The fraction of sp³-hybridized carbons (Fsp3) is 0.517. The first-order valence-corrected chi connectivity index (χ1v) is 14.9. The second-order valence-electron chi connectivity index (χ2n) is 9.92. The van der Waals surface area contributed by atoms with Crippen LogP contribution in [0.2, 0.25) is 0 Å². The van der Waals surface area contributed by atoms with Crippen LogP contribution in [0.3, 0.4) is 0 Å². The summed E-state index contributed by atoms with van der Waals surface area (Å²) < 4.78 is 26.6. The number of hydrogen-bond donors (Lipinski definition) is 1. The van der Waals surface area contributed by atoms with Gasteiger partial charge in [0, 0.05) is 25.6 Å². The van der Waals surface area contributed by atoms with E-state index in [0.29, 0.717) is 25.1 Å². The molecule has 2 aromatic rings. The molecule has 0 saturated carbocycles. The monoisotopic (exact) mass is 529 g/mol. The molecule has 7 nitrogen and oxygen atoms in total. The third-order valence-electron chi connectivity index (χ3n) is 6.77. The van der Waals surface area contributed by atoms with Gasteiger partial charge in [-0.15, -0.1) is 0 Å². The number of hydrogen-bond acceptors (Lipinski definition) is 4. The zero-order chi connectivity index (χ0) is 27.8. The first kappa shape index (κ1) is 30.4. The molecule has 0 aromatic heterocycles. The fourth-order valence-corrected chi connectivity index (χ4v) is 5.32. The van der Waals surface area contributed by atoms with Gasteiger partial charge in [0.1, 0.15) is 6.04 Å². The van der Waals surface area contributed by atoms with Crippen molar-refractivity contribution in [2.45, 2.75) is 85.9 Å². The smallest absolute Gasteiger partial charge is 0.243 e. The van der Waals surface area contributed by atoms with Crippen molar-refractivity contribution in [3.8, 4) is 0 Å². The lowest BCUT2D eigenvalue weighted by Crippen LogP contribution is -2.50. The SMILES string of the molecule is CC[C@H](C(=O)N[C@@H](C)CC)N(Cc1ccccc1C)C(=O)CCCN(c1cc(C)ccc1C)S(C)(=O)=O. The largest absolute Gasteiger partial charge is 0.352 e. The summed E-state index contributed by atoms with van der Waals surface area (Å²) in [5, 5.41) is 3.02. The van der Waals surface area contributed by atoms with Crippen LogP contribution in [-0.2, 0) is 26.2 Å². The number of sulfonamides is 1. The molecule has 0 radical (unpaired) electrons. The van der Waals surface area contributed by atoms with E-state index in [-0.39, 0.29) is 30.8 Å². The predicted octanol–water partition coefficient (Wildman–Crippen LogP) is 4.88. The molecule has 2 aromatic carbocycles. The second-order valence-corrected chi connectivity index (χ2v) is 11.8. The summed E-state index contributed by atoms with van der Waals surface area (Å²) in [6.45, 7) is 12.2. The Morgan fingerprint density at radius 1 is 0.973 bits per heavy atom. The number of rotatable bonds is 13. The van der Waals surface area contributed by atoms with Gasteiger partial charge in [0.25, 0.3) is 0 Å². The first-order valence-electron chi connectivity index (χ1n) is 13.1. The highest BCUT2D eigenvalue weighted by molar-refractivity contribution is 7.92. The molecule has 1 N–H and O–H groups in total. The third kappa shape index (κ3) is 8.59. The van der Waals surface area contributed by atoms with Gasteiger partial charge >= 0.3 is 0 Å². The highest BCUT2D eigenvalue weighted by Crippen LogP contribution is 2.25. The van der Waals surface area contributed by atoms with Crippen molar-refractivity contribution < 1.29 is 18.0 Å². The highest BCUT2D eigenvalue weighted by Gasteiger charge is 2.29. The Morgan fingerprint density at radius 2 is 1.65 bits per heavy atom. The lowest BCUT2D eigenvalue weighted by atomic mass is 10.0. The average Bonchev–Trinajstić information content (AvgIpc) is 2.83. The van der Waals surface area contributed by atoms with Crippen LogP contribution < -0.4 is 9.62 Å². The molecule has 0 unspecified atom stereocenters. The summed E-state index contributed by atoms with van der Waals surface area (Å²) in [7, 11) is -3.54. The summed E-state index contributed by atoms with van der Waals surface area (Å²) in [4.78, 5) is 28.4. The number of anilines is 1. The lowest BCUT2D eigenvalue weighted by Gasteiger charge is -2.32. The van der Waals surface area contributed by atoms with Crippen LogP contribution in [0.5, 0.6) is 0 Å². The Balaban J connectivity index is 2.27. The summed E-state index contributed by atoms with van der Waals surface area (Å²) in [6.07, 6.45) is 2.95. The van der Waals surface area contributed by atoms with Crippen LogP contribution >= 0.6 is 0 Å². The van der Waals surface area contributed by atoms with Crippen LogP contribution in [0.1, 0.15) is 68.7 Å². The Labute approximate surface area is 223 Å². The highest BCUT2D eigenvalue weighted by atomic mass is 32.2. The van der Waals surface area contributed by atoms with Gasteiger partial charge in [0.05, 0.1) is 11.9 Å². The summed E-state index contributed by atoms with van der Waals surface area (Å²) in [6, 6.07) is 13.0. The average molecular weight is 530 g/mol. The van der Waals surface area contributed by atoms with E-state index < -0.39 is 16.1 Å². The molecule has 0 aliphatic heterocycles. The van der Waals surface area contributed by atoms with Crippen molar-refractivity contribution in [1.82, 2.24) is 10.2 Å². The van der Waals surface area contributed by atoms with Gasteiger partial charge in [-0.05, 0) is 75.3 Å². The van der Waals surface area contributed by atoms with Crippen molar-refractivity contribution in [2.75, 3.05) is 17.1 Å². The van der Waals surface area contributed by atoms with Crippen LogP contribution in [0.4, 0.5) is 5.69 Å². The zero-order valence-electron chi connectivity index (χ0n) is 23.4. The molecule has 2 amide bonds. The minimum atomic E-state index is -3.54. The maximum Gasteiger partial charge on any atom is 0.243 e. The molecule has 0 bridgehead atoms. The molecule has 2 rings (SSSR count). The van der Waals surface area contributed by atoms with Crippen molar-refractivity contribution in [2.24, 2.45) is 0 Å². The first-order chi connectivity index (χ1) is 17.4. The van der Waals surface area contributed by atoms with E-state index >= 15 is 0 Å². The molecule has 0 aliphatic rings. The summed E-state index contributed by atoms with van der Waals surface area (Å²) in [5.41, 5.74) is 4.49. The van der Waals surface area contributed by atoms with Crippen molar-refractivity contribution in [3.05, 3.63) is 64.7 Å². The predicted molar refractivity (Wildman–Crippen MR) is 151 cm³/mol. The van der Waals surface area contributed by atoms with Crippen molar-refractivity contribution >= 4 is 27.5 Å². The Morgan fingerprint density at radius 3 is 2.24 bits per heavy atom. The Hall–Kier alpha value is -2.87. The van der Waals surface area contributed by atoms with E-state index in [1.54, 1.807) is 4.90 Å².